The van der Waals surface area contributed by atoms with Crippen molar-refractivity contribution in [3.63, 3.8) is 0 Å². The summed E-state index contributed by atoms with van der Waals surface area (Å²) in [5.41, 5.74) is -3.09. The predicted octanol–water partition coefficient (Wildman–Crippen LogP) is 3.14. The minimum atomic E-state index is -4.55. The van der Waals surface area contributed by atoms with Crippen molar-refractivity contribution < 1.29 is 33.0 Å². The first-order chi connectivity index (χ1) is 17.7. The molecule has 2 heterocycles. The van der Waals surface area contributed by atoms with Gasteiger partial charge in [0.2, 0.25) is 5.91 Å². The third kappa shape index (κ3) is 6.71. The average Bonchev–Trinajstić information content (AvgIpc) is 3.54. The number of hydrogen-bond acceptors (Lipinski definition) is 7. The maximum atomic E-state index is 12.9. The van der Waals surface area contributed by atoms with Crippen molar-refractivity contribution in [3.8, 4) is 0 Å². The molecule has 4 N–H and O–H groups in total. The minimum Gasteiger partial charge on any atom is -0.385 e. The van der Waals surface area contributed by atoms with Gasteiger partial charge in [-0.05, 0) is 64.2 Å². The fourth-order valence-electron chi connectivity index (χ4n) is 4.91. The maximum Gasteiger partial charge on any atom is 0.416 e. The molecule has 0 bridgehead atoms. The zero-order valence-corrected chi connectivity index (χ0v) is 22.2. The fourth-order valence-corrected chi connectivity index (χ4v) is 5.97. The Hall–Kier alpha value is -2.54. The summed E-state index contributed by atoms with van der Waals surface area (Å²) < 4.78 is 38.7. The number of aromatic nitrogens is 1. The molecule has 1 aromatic heterocycles. The molecule has 2 fully saturated rings. The van der Waals surface area contributed by atoms with E-state index in [4.69, 9.17) is 0 Å². The Balaban J connectivity index is 1.22. The van der Waals surface area contributed by atoms with E-state index in [0.29, 0.717) is 35.8 Å². The van der Waals surface area contributed by atoms with Crippen molar-refractivity contribution >= 4 is 23.2 Å². The van der Waals surface area contributed by atoms with E-state index in [1.54, 1.807) is 24.9 Å². The highest BCUT2D eigenvalue weighted by Gasteiger charge is 2.39. The molecule has 2 aliphatic rings. The zero-order valence-electron chi connectivity index (χ0n) is 21.3. The highest BCUT2D eigenvalue weighted by molar-refractivity contribution is 7.11. The molecule has 0 unspecified atom stereocenters. The predicted molar refractivity (Wildman–Crippen MR) is 135 cm³/mol. The Kier molecular flexibility index (Phi) is 8.17. The van der Waals surface area contributed by atoms with Crippen LogP contribution in [-0.4, -0.2) is 63.6 Å². The first-order valence-electron chi connectivity index (χ1n) is 12.7. The normalized spacial score (nSPS) is 24.4. The van der Waals surface area contributed by atoms with Gasteiger partial charge in [-0.3, -0.25) is 9.59 Å². The third-order valence-electron chi connectivity index (χ3n) is 7.18. The molecular formula is C26H33F3N4O4S. The Labute approximate surface area is 223 Å². The lowest BCUT2D eigenvalue weighted by Gasteiger charge is -2.36. The van der Waals surface area contributed by atoms with Crippen molar-refractivity contribution in [2.45, 2.75) is 75.4 Å². The van der Waals surface area contributed by atoms with Crippen molar-refractivity contribution in [1.29, 1.82) is 0 Å². The quantitative estimate of drug-likeness (QED) is 0.418. The molecule has 1 saturated carbocycles. The summed E-state index contributed by atoms with van der Waals surface area (Å²) in [4.78, 5) is 31.6. The number of carbonyl (C=O) groups excluding carboxylic acids is 2. The second-order valence-corrected chi connectivity index (χ2v) is 11.7. The monoisotopic (exact) mass is 554 g/mol. The molecule has 0 radical (unpaired) electrons. The molecule has 0 spiro atoms. The first-order valence-corrected chi connectivity index (χ1v) is 13.5. The van der Waals surface area contributed by atoms with Crippen molar-refractivity contribution in [2.75, 3.05) is 19.6 Å². The lowest BCUT2D eigenvalue weighted by atomic mass is 9.82. The van der Waals surface area contributed by atoms with Crippen LogP contribution in [0.25, 0.3) is 0 Å². The van der Waals surface area contributed by atoms with Gasteiger partial charge in [-0.15, -0.1) is 11.3 Å². The molecule has 1 aliphatic carbocycles. The Bertz CT molecular complexity index is 1160. The van der Waals surface area contributed by atoms with E-state index in [1.165, 1.54) is 17.4 Å². The number of nitrogens with zero attached hydrogens (tertiary/aromatic N) is 2. The van der Waals surface area contributed by atoms with Gasteiger partial charge in [0.05, 0.1) is 22.6 Å². The van der Waals surface area contributed by atoms with E-state index in [0.717, 1.165) is 37.5 Å². The number of aliphatic hydroxyl groups is 2. The lowest BCUT2D eigenvalue weighted by molar-refractivity contribution is -0.137. The second-order valence-electron chi connectivity index (χ2n) is 10.6. The van der Waals surface area contributed by atoms with Gasteiger partial charge in [0.1, 0.15) is 10.6 Å². The Morgan fingerprint density at radius 3 is 2.53 bits per heavy atom. The number of amides is 2. The number of rotatable bonds is 7. The first kappa shape index (κ1) is 28.5. The summed E-state index contributed by atoms with van der Waals surface area (Å²) in [7, 11) is 0. The maximum absolute atomic E-state index is 12.9. The van der Waals surface area contributed by atoms with Crippen LogP contribution in [0.3, 0.4) is 0 Å². The van der Waals surface area contributed by atoms with Crippen LogP contribution in [0.15, 0.2) is 30.5 Å². The number of hydrogen-bond donors (Lipinski definition) is 4. The smallest absolute Gasteiger partial charge is 0.385 e. The van der Waals surface area contributed by atoms with Crippen molar-refractivity contribution in [2.24, 2.45) is 0 Å². The molecule has 208 valence electrons. The molecule has 1 aromatic carbocycles. The van der Waals surface area contributed by atoms with Crippen LogP contribution in [0, 0.1) is 0 Å². The van der Waals surface area contributed by atoms with Crippen molar-refractivity contribution in [1.82, 2.24) is 20.5 Å². The SMILES string of the molecule is CC(C)(O)c1cnc(C2(O)CCC(N[C@H]3CCN(C(=O)CNC(=O)c4cccc(C(F)(F)F)c4)C3)CC2)s1. The van der Waals surface area contributed by atoms with Crippen LogP contribution in [0.1, 0.15) is 71.8 Å². The summed E-state index contributed by atoms with van der Waals surface area (Å²) in [5, 5.41) is 28.0. The highest BCUT2D eigenvalue weighted by Crippen LogP contribution is 2.40. The van der Waals surface area contributed by atoms with Gasteiger partial charge in [-0.25, -0.2) is 4.98 Å². The average molecular weight is 555 g/mol. The van der Waals surface area contributed by atoms with Gasteiger partial charge in [0.15, 0.2) is 0 Å². The summed E-state index contributed by atoms with van der Waals surface area (Å²) in [5.74, 6) is -1.03. The Morgan fingerprint density at radius 2 is 1.89 bits per heavy atom. The third-order valence-corrected chi connectivity index (χ3v) is 8.69. The van der Waals surface area contributed by atoms with E-state index in [9.17, 15) is 33.0 Å². The number of nitrogens with one attached hydrogen (secondary N) is 2. The van der Waals surface area contributed by atoms with Gasteiger partial charge >= 0.3 is 6.18 Å². The number of thiazole rings is 1. The van der Waals surface area contributed by atoms with Crippen LogP contribution >= 0.6 is 11.3 Å². The topological polar surface area (TPSA) is 115 Å². The molecular weight excluding hydrogens is 521 g/mol. The molecule has 12 heteroatoms. The minimum absolute atomic E-state index is 0.0796. The zero-order chi connectivity index (χ0) is 27.7. The van der Waals surface area contributed by atoms with Crippen LogP contribution in [0.2, 0.25) is 0 Å². The molecule has 2 aromatic rings. The lowest BCUT2D eigenvalue weighted by Crippen LogP contribution is -2.46. The Morgan fingerprint density at radius 1 is 1.18 bits per heavy atom. The molecule has 1 atom stereocenters. The number of carbonyl (C=O) groups is 2. The van der Waals surface area contributed by atoms with Crippen LogP contribution in [0.4, 0.5) is 13.2 Å². The van der Waals surface area contributed by atoms with E-state index >= 15 is 0 Å². The van der Waals surface area contributed by atoms with Gasteiger partial charge in [-0.2, -0.15) is 13.2 Å². The number of benzene rings is 1. The van der Waals surface area contributed by atoms with Crippen LogP contribution < -0.4 is 10.6 Å². The molecule has 8 nitrogen and oxygen atoms in total. The number of halogens is 3. The van der Waals surface area contributed by atoms with E-state index in [1.807, 2.05) is 0 Å². The summed E-state index contributed by atoms with van der Waals surface area (Å²) >= 11 is 1.33. The van der Waals surface area contributed by atoms with Crippen molar-refractivity contribution in [3.05, 3.63) is 51.5 Å². The summed E-state index contributed by atoms with van der Waals surface area (Å²) in [6.07, 6.45) is 0.379. The number of alkyl halides is 3. The van der Waals surface area contributed by atoms with E-state index < -0.39 is 28.8 Å². The van der Waals surface area contributed by atoms with E-state index in [2.05, 4.69) is 15.6 Å². The van der Waals surface area contributed by atoms with Crippen LogP contribution in [0.5, 0.6) is 0 Å². The fraction of sp³-hybridized carbons (Fsp3) is 0.577. The van der Waals surface area contributed by atoms with Gasteiger partial charge < -0.3 is 25.7 Å². The summed E-state index contributed by atoms with van der Waals surface area (Å²) in [6.45, 7) is 4.08. The molecule has 4 rings (SSSR count). The van der Waals surface area contributed by atoms with Crippen LogP contribution in [-0.2, 0) is 22.2 Å². The van der Waals surface area contributed by atoms with E-state index in [-0.39, 0.29) is 30.1 Å². The standard InChI is InChI=1S/C26H33F3N4O4S/c1-24(2,36)20-13-31-23(38-20)25(37)9-6-18(7-10-25)32-19-8-11-33(15-19)21(34)14-30-22(35)16-4-3-5-17(12-16)26(27,28)29/h3-5,12-13,18-19,32,36-37H,6-11,14-15H2,1-2H3,(H,30,35)/t18?,19-,25?/m0/s1. The second kappa shape index (κ2) is 10.9. The molecule has 1 aliphatic heterocycles. The van der Waals surface area contributed by atoms with Gasteiger partial charge in [0, 0.05) is 36.9 Å². The summed E-state index contributed by atoms with van der Waals surface area (Å²) in [6, 6.07) is 4.35. The highest BCUT2D eigenvalue weighted by atomic mass is 32.1. The number of likely N-dealkylation sites (tertiary alicyclic amines) is 1. The molecule has 38 heavy (non-hydrogen) atoms. The largest absolute Gasteiger partial charge is 0.416 e. The molecule has 1 saturated heterocycles. The molecule has 2 amide bonds. The van der Waals surface area contributed by atoms with Gasteiger partial charge in [0.25, 0.3) is 5.91 Å². The van der Waals surface area contributed by atoms with Gasteiger partial charge in [-0.1, -0.05) is 6.07 Å².